The summed E-state index contributed by atoms with van der Waals surface area (Å²) in [6.45, 7) is 3.36. The van der Waals surface area contributed by atoms with E-state index >= 15 is 0 Å². The maximum atomic E-state index is 13.1. The van der Waals surface area contributed by atoms with Crippen molar-refractivity contribution in [2.24, 2.45) is 0 Å². The van der Waals surface area contributed by atoms with Crippen molar-refractivity contribution < 1.29 is 18.7 Å². The Labute approximate surface area is 170 Å². The van der Waals surface area contributed by atoms with Crippen molar-refractivity contribution in [3.63, 3.8) is 0 Å². The number of nitrogens with zero attached hydrogens (tertiary/aromatic N) is 1. The van der Waals surface area contributed by atoms with Gasteiger partial charge >= 0.3 is 5.97 Å². The summed E-state index contributed by atoms with van der Waals surface area (Å²) < 4.78 is 18.3. The monoisotopic (exact) mass is 396 g/mol. The first kappa shape index (κ1) is 20.6. The summed E-state index contributed by atoms with van der Waals surface area (Å²) in [5, 5.41) is 3.36. The number of hydrogen-bond donors (Lipinski definition) is 1. The molecule has 29 heavy (non-hydrogen) atoms. The van der Waals surface area contributed by atoms with Crippen molar-refractivity contribution in [3.05, 3.63) is 82.8 Å². The standard InChI is InChI=1S/C23H25FN2O3/c1-2-29-23(28)20-16-26(22(27)18-8-10-19(24)11-9-18)15-13-21(20)25-14-12-17-6-4-3-5-7-17/h3-11,25H,2,12-16H2,1H3. The fourth-order valence-electron chi connectivity index (χ4n) is 3.31. The summed E-state index contributed by atoms with van der Waals surface area (Å²) in [5.74, 6) is -1.03. The van der Waals surface area contributed by atoms with Crippen molar-refractivity contribution in [1.82, 2.24) is 10.2 Å². The van der Waals surface area contributed by atoms with Crippen LogP contribution in [-0.2, 0) is 16.0 Å². The van der Waals surface area contributed by atoms with Gasteiger partial charge in [-0.25, -0.2) is 9.18 Å². The van der Waals surface area contributed by atoms with Crippen LogP contribution in [0.5, 0.6) is 0 Å². The maximum Gasteiger partial charge on any atom is 0.337 e. The third-order valence-corrected chi connectivity index (χ3v) is 4.84. The highest BCUT2D eigenvalue weighted by Gasteiger charge is 2.28. The van der Waals surface area contributed by atoms with Gasteiger partial charge in [0.2, 0.25) is 0 Å². The van der Waals surface area contributed by atoms with Crippen LogP contribution in [0.2, 0.25) is 0 Å². The minimum atomic E-state index is -0.411. The van der Waals surface area contributed by atoms with E-state index in [0.717, 1.165) is 12.1 Å². The number of carbonyl (C=O) groups excluding carboxylic acids is 2. The average molecular weight is 396 g/mol. The summed E-state index contributed by atoms with van der Waals surface area (Å²) in [7, 11) is 0. The number of hydrogen-bond acceptors (Lipinski definition) is 4. The van der Waals surface area contributed by atoms with Crippen molar-refractivity contribution in [3.8, 4) is 0 Å². The van der Waals surface area contributed by atoms with Gasteiger partial charge < -0.3 is 15.0 Å². The summed E-state index contributed by atoms with van der Waals surface area (Å²) in [6.07, 6.45) is 1.37. The quantitative estimate of drug-likeness (QED) is 0.730. The van der Waals surface area contributed by atoms with Gasteiger partial charge in [0.1, 0.15) is 5.82 Å². The lowest BCUT2D eigenvalue weighted by Gasteiger charge is -2.30. The molecule has 0 saturated carbocycles. The molecule has 1 aliphatic heterocycles. The Morgan fingerprint density at radius 1 is 1.10 bits per heavy atom. The highest BCUT2D eigenvalue weighted by atomic mass is 19.1. The SMILES string of the molecule is CCOC(=O)C1=C(NCCc2ccccc2)CCN(C(=O)c2ccc(F)cc2)C1. The number of rotatable bonds is 7. The number of carbonyl (C=O) groups is 2. The van der Waals surface area contributed by atoms with Crippen molar-refractivity contribution in [1.29, 1.82) is 0 Å². The Morgan fingerprint density at radius 3 is 2.52 bits per heavy atom. The van der Waals surface area contributed by atoms with Crippen LogP contribution < -0.4 is 5.32 Å². The van der Waals surface area contributed by atoms with Gasteiger partial charge in [-0.2, -0.15) is 0 Å². The Bertz CT molecular complexity index is 879. The fraction of sp³-hybridized carbons (Fsp3) is 0.304. The van der Waals surface area contributed by atoms with Crippen LogP contribution in [0.1, 0.15) is 29.3 Å². The van der Waals surface area contributed by atoms with Crippen LogP contribution in [0.15, 0.2) is 65.9 Å². The van der Waals surface area contributed by atoms with Crippen molar-refractivity contribution >= 4 is 11.9 Å². The van der Waals surface area contributed by atoms with Gasteiger partial charge in [0.05, 0.1) is 18.7 Å². The molecule has 1 amide bonds. The van der Waals surface area contributed by atoms with E-state index in [1.165, 1.54) is 29.8 Å². The van der Waals surface area contributed by atoms with Crippen molar-refractivity contribution in [2.75, 3.05) is 26.2 Å². The average Bonchev–Trinajstić information content (AvgIpc) is 2.75. The molecular weight excluding hydrogens is 371 g/mol. The zero-order valence-electron chi connectivity index (χ0n) is 16.5. The molecule has 6 heteroatoms. The van der Waals surface area contributed by atoms with E-state index in [9.17, 15) is 14.0 Å². The third-order valence-electron chi connectivity index (χ3n) is 4.84. The van der Waals surface area contributed by atoms with E-state index in [1.807, 2.05) is 18.2 Å². The molecule has 0 bridgehead atoms. The molecule has 2 aromatic carbocycles. The maximum absolute atomic E-state index is 13.1. The number of nitrogens with one attached hydrogen (secondary N) is 1. The molecule has 0 atom stereocenters. The molecule has 3 rings (SSSR count). The number of benzene rings is 2. The summed E-state index contributed by atoms with van der Waals surface area (Å²) in [5.41, 5.74) is 2.90. The van der Waals surface area contributed by atoms with E-state index in [4.69, 9.17) is 4.74 Å². The minimum absolute atomic E-state index is 0.169. The molecule has 1 N–H and O–H groups in total. The van der Waals surface area contributed by atoms with Gasteiger partial charge in [0.25, 0.3) is 5.91 Å². The second-order valence-corrected chi connectivity index (χ2v) is 6.82. The van der Waals surface area contributed by atoms with Gasteiger partial charge in [0.15, 0.2) is 0 Å². The van der Waals surface area contributed by atoms with Crippen LogP contribution in [-0.4, -0.2) is 43.0 Å². The first-order chi connectivity index (χ1) is 14.1. The van der Waals surface area contributed by atoms with Gasteiger partial charge in [-0.15, -0.1) is 0 Å². The molecule has 152 valence electrons. The molecule has 1 heterocycles. The topological polar surface area (TPSA) is 58.6 Å². The lowest BCUT2D eigenvalue weighted by Crippen LogP contribution is -2.41. The van der Waals surface area contributed by atoms with Crippen LogP contribution in [0.25, 0.3) is 0 Å². The largest absolute Gasteiger partial charge is 0.463 e. The van der Waals surface area contributed by atoms with Crippen LogP contribution in [0, 0.1) is 5.82 Å². The third kappa shape index (κ3) is 5.44. The normalized spacial score (nSPS) is 13.9. The first-order valence-corrected chi connectivity index (χ1v) is 9.80. The second-order valence-electron chi connectivity index (χ2n) is 6.82. The lowest BCUT2D eigenvalue weighted by atomic mass is 10.0. The highest BCUT2D eigenvalue weighted by Crippen LogP contribution is 2.20. The Hall–Kier alpha value is -3.15. The number of esters is 1. The summed E-state index contributed by atoms with van der Waals surface area (Å²) in [6, 6.07) is 15.5. The molecule has 0 saturated heterocycles. The first-order valence-electron chi connectivity index (χ1n) is 9.80. The Kier molecular flexibility index (Phi) is 7.00. The molecule has 0 fully saturated rings. The molecule has 0 unspecified atom stereocenters. The van der Waals surface area contributed by atoms with E-state index in [0.29, 0.717) is 30.6 Å². The van der Waals surface area contributed by atoms with E-state index in [2.05, 4.69) is 17.4 Å². The smallest absolute Gasteiger partial charge is 0.337 e. The highest BCUT2D eigenvalue weighted by molar-refractivity contribution is 5.96. The van der Waals surface area contributed by atoms with Crippen molar-refractivity contribution in [2.45, 2.75) is 19.8 Å². The van der Waals surface area contributed by atoms with Gasteiger partial charge in [-0.1, -0.05) is 30.3 Å². The van der Waals surface area contributed by atoms with Gasteiger partial charge in [-0.3, -0.25) is 4.79 Å². The molecular formula is C23H25FN2O3. The number of amides is 1. The lowest BCUT2D eigenvalue weighted by molar-refractivity contribution is -0.138. The zero-order chi connectivity index (χ0) is 20.6. The van der Waals surface area contributed by atoms with E-state index in [1.54, 1.807) is 11.8 Å². The van der Waals surface area contributed by atoms with E-state index in [-0.39, 0.29) is 19.1 Å². The summed E-state index contributed by atoms with van der Waals surface area (Å²) in [4.78, 5) is 26.8. The molecule has 1 aliphatic rings. The fourth-order valence-corrected chi connectivity index (χ4v) is 3.31. The van der Waals surface area contributed by atoms with Crippen LogP contribution >= 0.6 is 0 Å². The minimum Gasteiger partial charge on any atom is -0.463 e. The predicted molar refractivity (Wildman–Crippen MR) is 109 cm³/mol. The molecule has 2 aromatic rings. The zero-order valence-corrected chi connectivity index (χ0v) is 16.5. The van der Waals surface area contributed by atoms with Crippen LogP contribution in [0.3, 0.4) is 0 Å². The molecule has 5 nitrogen and oxygen atoms in total. The molecule has 0 aliphatic carbocycles. The predicted octanol–water partition coefficient (Wildman–Crippen LogP) is 3.32. The molecule has 0 spiro atoms. The molecule has 0 aromatic heterocycles. The van der Waals surface area contributed by atoms with Crippen LogP contribution in [0.4, 0.5) is 4.39 Å². The summed E-state index contributed by atoms with van der Waals surface area (Å²) >= 11 is 0. The van der Waals surface area contributed by atoms with Gasteiger partial charge in [-0.05, 0) is 43.2 Å². The Morgan fingerprint density at radius 2 is 1.83 bits per heavy atom. The van der Waals surface area contributed by atoms with Gasteiger partial charge in [0, 0.05) is 30.8 Å². The second kappa shape index (κ2) is 9.87. The Balaban J connectivity index is 1.71. The molecule has 0 radical (unpaired) electrons. The number of ether oxygens (including phenoxy) is 1. The number of halogens is 1. The van der Waals surface area contributed by atoms with E-state index < -0.39 is 11.8 Å².